The van der Waals surface area contributed by atoms with E-state index in [1.807, 2.05) is 12.2 Å². The van der Waals surface area contributed by atoms with Gasteiger partial charge in [-0.2, -0.15) is 0 Å². The van der Waals surface area contributed by atoms with Gasteiger partial charge in [0.25, 0.3) is 0 Å². The van der Waals surface area contributed by atoms with Crippen LogP contribution in [0.15, 0.2) is 24.8 Å². The van der Waals surface area contributed by atoms with Crippen LogP contribution >= 0.6 is 0 Å². The summed E-state index contributed by atoms with van der Waals surface area (Å²) in [7, 11) is 1.41. The number of hydrogen-bond donors (Lipinski definition) is 0. The largest absolute Gasteiger partial charge is 0.469 e. The highest BCUT2D eigenvalue weighted by Gasteiger charge is 1.94. The lowest BCUT2D eigenvalue weighted by atomic mass is 10.2. The Balaban J connectivity index is 3.23. The van der Waals surface area contributed by atoms with E-state index in [9.17, 15) is 4.79 Å². The summed E-state index contributed by atoms with van der Waals surface area (Å²) in [5, 5.41) is 0. The number of unbranched alkanes of at least 4 members (excludes halogenated alkanes) is 1. The van der Waals surface area contributed by atoms with Crippen LogP contribution in [-0.4, -0.2) is 13.1 Å². The van der Waals surface area contributed by atoms with E-state index in [4.69, 9.17) is 0 Å². The average molecular weight is 168 g/mol. The highest BCUT2D eigenvalue weighted by atomic mass is 16.5. The number of allylic oxidation sites excluding steroid dienone is 3. The molecule has 0 saturated carbocycles. The minimum atomic E-state index is -0.150. The molecular weight excluding hydrogens is 152 g/mol. The zero-order valence-corrected chi connectivity index (χ0v) is 7.58. The Bertz CT molecular complexity index is 159. The summed E-state index contributed by atoms with van der Waals surface area (Å²) in [4.78, 5) is 10.6. The summed E-state index contributed by atoms with van der Waals surface area (Å²) in [6, 6.07) is 0. The normalized spacial score (nSPS) is 10.1. The van der Waals surface area contributed by atoms with Crippen LogP contribution in [-0.2, 0) is 9.53 Å². The molecule has 0 aromatic rings. The van der Waals surface area contributed by atoms with Crippen LogP contribution in [0.3, 0.4) is 0 Å². The van der Waals surface area contributed by atoms with E-state index in [2.05, 4.69) is 17.4 Å². The van der Waals surface area contributed by atoms with Crippen molar-refractivity contribution in [3.63, 3.8) is 0 Å². The molecule has 0 aliphatic rings. The number of ether oxygens (including phenoxy) is 1. The quantitative estimate of drug-likeness (QED) is 0.346. The number of esters is 1. The SMILES string of the molecule is C=CCCC=CCCC(=O)OC. The van der Waals surface area contributed by atoms with Crippen molar-refractivity contribution in [3.8, 4) is 0 Å². The van der Waals surface area contributed by atoms with E-state index in [1.54, 1.807) is 0 Å². The summed E-state index contributed by atoms with van der Waals surface area (Å²) in [6.07, 6.45) is 9.18. The predicted octanol–water partition coefficient (Wildman–Crippen LogP) is 2.46. The van der Waals surface area contributed by atoms with Gasteiger partial charge in [-0.3, -0.25) is 4.79 Å². The summed E-state index contributed by atoms with van der Waals surface area (Å²) >= 11 is 0. The van der Waals surface area contributed by atoms with Crippen LogP contribution in [0.4, 0.5) is 0 Å². The van der Waals surface area contributed by atoms with Gasteiger partial charge in [-0.25, -0.2) is 0 Å². The molecule has 0 aromatic heterocycles. The number of rotatable bonds is 6. The van der Waals surface area contributed by atoms with Gasteiger partial charge in [0, 0.05) is 6.42 Å². The Morgan fingerprint density at radius 3 is 2.58 bits per heavy atom. The van der Waals surface area contributed by atoms with Crippen molar-refractivity contribution in [1.29, 1.82) is 0 Å². The Hall–Kier alpha value is -1.05. The summed E-state index contributed by atoms with van der Waals surface area (Å²) in [6.45, 7) is 3.61. The lowest BCUT2D eigenvalue weighted by Gasteiger charge is -1.93. The predicted molar refractivity (Wildman–Crippen MR) is 49.8 cm³/mol. The second-order valence-electron chi connectivity index (χ2n) is 2.45. The van der Waals surface area contributed by atoms with Crippen molar-refractivity contribution in [1.82, 2.24) is 0 Å². The lowest BCUT2D eigenvalue weighted by Crippen LogP contribution is -1.97. The summed E-state index contributed by atoms with van der Waals surface area (Å²) < 4.78 is 4.49. The lowest BCUT2D eigenvalue weighted by molar-refractivity contribution is -0.140. The standard InChI is InChI=1S/C10H16O2/c1-3-4-5-6-7-8-9-10(11)12-2/h3,6-7H,1,4-5,8-9H2,2H3. The second-order valence-corrected chi connectivity index (χ2v) is 2.45. The molecule has 0 saturated heterocycles. The minimum Gasteiger partial charge on any atom is -0.469 e. The van der Waals surface area contributed by atoms with Gasteiger partial charge in [-0.15, -0.1) is 6.58 Å². The maximum Gasteiger partial charge on any atom is 0.305 e. The first kappa shape index (κ1) is 11.0. The van der Waals surface area contributed by atoms with Crippen molar-refractivity contribution in [2.45, 2.75) is 25.7 Å². The molecule has 0 N–H and O–H groups in total. The van der Waals surface area contributed by atoms with Gasteiger partial charge in [-0.05, 0) is 19.3 Å². The van der Waals surface area contributed by atoms with E-state index < -0.39 is 0 Å². The Morgan fingerprint density at radius 1 is 1.33 bits per heavy atom. The molecule has 2 nitrogen and oxygen atoms in total. The van der Waals surface area contributed by atoms with Crippen molar-refractivity contribution in [3.05, 3.63) is 24.8 Å². The molecule has 0 radical (unpaired) electrons. The number of carbonyl (C=O) groups is 1. The Kier molecular flexibility index (Phi) is 7.35. The number of methoxy groups -OCH3 is 1. The van der Waals surface area contributed by atoms with Crippen molar-refractivity contribution in [2.24, 2.45) is 0 Å². The Morgan fingerprint density at radius 2 is 2.00 bits per heavy atom. The number of hydrogen-bond acceptors (Lipinski definition) is 2. The van der Waals surface area contributed by atoms with Crippen molar-refractivity contribution < 1.29 is 9.53 Å². The van der Waals surface area contributed by atoms with Gasteiger partial charge < -0.3 is 4.74 Å². The van der Waals surface area contributed by atoms with Crippen molar-refractivity contribution in [2.75, 3.05) is 7.11 Å². The smallest absolute Gasteiger partial charge is 0.305 e. The second kappa shape index (κ2) is 8.05. The highest BCUT2D eigenvalue weighted by molar-refractivity contribution is 5.69. The number of carbonyl (C=O) groups excluding carboxylic acids is 1. The van der Waals surface area contributed by atoms with Crippen LogP contribution in [0.1, 0.15) is 25.7 Å². The van der Waals surface area contributed by atoms with Crippen molar-refractivity contribution >= 4 is 5.97 Å². The van der Waals surface area contributed by atoms with Gasteiger partial charge in [0.2, 0.25) is 0 Å². The average Bonchev–Trinajstić information content (AvgIpc) is 2.10. The first-order valence-corrected chi connectivity index (χ1v) is 4.14. The summed E-state index contributed by atoms with van der Waals surface area (Å²) in [5.74, 6) is -0.150. The van der Waals surface area contributed by atoms with Gasteiger partial charge in [-0.1, -0.05) is 18.2 Å². The molecule has 12 heavy (non-hydrogen) atoms. The van der Waals surface area contributed by atoms with Crippen LogP contribution in [0.25, 0.3) is 0 Å². The van der Waals surface area contributed by atoms with E-state index in [0.29, 0.717) is 6.42 Å². The summed E-state index contributed by atoms with van der Waals surface area (Å²) in [5.41, 5.74) is 0. The molecule has 0 amide bonds. The molecule has 0 rings (SSSR count). The van der Waals surface area contributed by atoms with Gasteiger partial charge in [0.05, 0.1) is 7.11 Å². The molecule has 0 unspecified atom stereocenters. The molecule has 0 heterocycles. The van der Waals surface area contributed by atoms with Crippen LogP contribution in [0.5, 0.6) is 0 Å². The monoisotopic (exact) mass is 168 g/mol. The fourth-order valence-corrected chi connectivity index (χ4v) is 0.753. The molecular formula is C10H16O2. The van der Waals surface area contributed by atoms with Gasteiger partial charge in [0.15, 0.2) is 0 Å². The minimum absolute atomic E-state index is 0.150. The molecule has 0 spiro atoms. The third-order valence-corrected chi connectivity index (χ3v) is 1.45. The molecule has 2 heteroatoms. The molecule has 0 atom stereocenters. The fraction of sp³-hybridized carbons (Fsp3) is 0.500. The van der Waals surface area contributed by atoms with E-state index in [1.165, 1.54) is 7.11 Å². The molecule has 0 aliphatic carbocycles. The first-order valence-electron chi connectivity index (χ1n) is 4.14. The highest BCUT2D eigenvalue weighted by Crippen LogP contribution is 1.96. The maximum atomic E-state index is 10.6. The maximum absolute atomic E-state index is 10.6. The molecule has 0 aromatic carbocycles. The molecule has 68 valence electrons. The fourth-order valence-electron chi connectivity index (χ4n) is 0.753. The Labute approximate surface area is 73.9 Å². The molecule has 0 bridgehead atoms. The molecule has 0 aliphatic heterocycles. The first-order chi connectivity index (χ1) is 5.81. The van der Waals surface area contributed by atoms with Crippen LogP contribution in [0, 0.1) is 0 Å². The third kappa shape index (κ3) is 7.06. The topological polar surface area (TPSA) is 26.3 Å². The van der Waals surface area contributed by atoms with Crippen LogP contribution in [0.2, 0.25) is 0 Å². The van der Waals surface area contributed by atoms with Gasteiger partial charge in [0.1, 0.15) is 0 Å². The zero-order chi connectivity index (χ0) is 9.23. The van der Waals surface area contributed by atoms with E-state index in [-0.39, 0.29) is 5.97 Å². The van der Waals surface area contributed by atoms with Crippen LogP contribution < -0.4 is 0 Å². The third-order valence-electron chi connectivity index (χ3n) is 1.45. The molecule has 0 fully saturated rings. The van der Waals surface area contributed by atoms with Gasteiger partial charge >= 0.3 is 5.97 Å². The van der Waals surface area contributed by atoms with E-state index >= 15 is 0 Å². The van der Waals surface area contributed by atoms with E-state index in [0.717, 1.165) is 19.3 Å². The zero-order valence-electron chi connectivity index (χ0n) is 7.58.